The molecule has 0 bridgehead atoms. The summed E-state index contributed by atoms with van der Waals surface area (Å²) in [5, 5.41) is 0.886. The largest absolute Gasteiger partial charge is 0.497 e. The van der Waals surface area contributed by atoms with Crippen LogP contribution in [0.2, 0.25) is 0 Å². The second-order valence-corrected chi connectivity index (χ2v) is 6.92. The normalized spacial score (nSPS) is 11.9. The van der Waals surface area contributed by atoms with E-state index in [-0.39, 0.29) is 12.2 Å². The Morgan fingerprint density at radius 1 is 1.12 bits per heavy atom. The molecule has 0 amide bonds. The molecule has 0 aliphatic heterocycles. The van der Waals surface area contributed by atoms with E-state index in [9.17, 15) is 9.59 Å². The van der Waals surface area contributed by atoms with E-state index in [1.807, 2.05) is 24.3 Å². The van der Waals surface area contributed by atoms with E-state index >= 15 is 0 Å². The van der Waals surface area contributed by atoms with Crippen molar-refractivity contribution in [3.05, 3.63) is 59.1 Å². The molecule has 6 heteroatoms. The average Bonchev–Trinajstić information content (AvgIpc) is 3.09. The summed E-state index contributed by atoms with van der Waals surface area (Å²) >= 11 is 1.57. The maximum atomic E-state index is 12.3. The Morgan fingerprint density at radius 2 is 1.85 bits per heavy atom. The van der Waals surface area contributed by atoms with Crippen LogP contribution in [0, 0.1) is 0 Å². The van der Waals surface area contributed by atoms with Gasteiger partial charge in [-0.15, -0.1) is 11.3 Å². The maximum Gasteiger partial charge on any atom is 0.306 e. The van der Waals surface area contributed by atoms with Crippen molar-refractivity contribution in [3.8, 4) is 5.75 Å². The number of nitrogens with zero attached hydrogens (tertiary/aromatic N) is 1. The molecule has 0 saturated heterocycles. The fraction of sp³-hybridized carbons (Fsp3) is 0.250. The molecular formula is C20H19NO4S. The number of benzene rings is 2. The van der Waals surface area contributed by atoms with Crippen molar-refractivity contribution < 1.29 is 19.1 Å². The number of carbonyl (C=O) groups is 2. The van der Waals surface area contributed by atoms with Gasteiger partial charge in [-0.05, 0) is 43.3 Å². The first-order valence-electron chi connectivity index (χ1n) is 8.29. The summed E-state index contributed by atoms with van der Waals surface area (Å²) in [6, 6.07) is 14.6. The second kappa shape index (κ2) is 8.10. The molecule has 0 spiro atoms. The number of ketones is 1. The minimum Gasteiger partial charge on any atom is -0.497 e. The maximum absolute atomic E-state index is 12.3. The molecule has 5 nitrogen and oxygen atoms in total. The molecule has 0 fully saturated rings. The van der Waals surface area contributed by atoms with Crippen molar-refractivity contribution in [3.63, 3.8) is 0 Å². The number of rotatable bonds is 7. The topological polar surface area (TPSA) is 65.5 Å². The number of para-hydroxylation sites is 1. The van der Waals surface area contributed by atoms with Crippen molar-refractivity contribution in [1.82, 2.24) is 4.98 Å². The lowest BCUT2D eigenvalue weighted by atomic mass is 10.1. The zero-order valence-electron chi connectivity index (χ0n) is 14.6. The summed E-state index contributed by atoms with van der Waals surface area (Å²) in [6.45, 7) is 1.59. The van der Waals surface area contributed by atoms with E-state index < -0.39 is 12.1 Å². The van der Waals surface area contributed by atoms with Crippen LogP contribution < -0.4 is 4.74 Å². The minimum absolute atomic E-state index is 0.194. The van der Waals surface area contributed by atoms with Crippen LogP contribution in [0.25, 0.3) is 10.2 Å². The lowest BCUT2D eigenvalue weighted by molar-refractivity contribution is -0.146. The number of ether oxygens (including phenoxy) is 2. The third-order valence-corrected chi connectivity index (χ3v) is 5.03. The number of Topliss-reactive ketones (excluding diaryl/α,β-unsaturated/α-hetero) is 1. The number of aromatic nitrogens is 1. The smallest absolute Gasteiger partial charge is 0.306 e. The number of esters is 1. The summed E-state index contributed by atoms with van der Waals surface area (Å²) in [4.78, 5) is 28.9. The number of fused-ring (bicyclic) bond motifs is 1. The standard InChI is InChI=1S/C20H19NO4S/c1-13(20(23)14-7-9-15(24-2)10-8-14)25-19(22)12-11-18-21-16-5-3-4-6-17(16)26-18/h3-10,13H,11-12H2,1-2H3/t13-/m1/s1. The molecule has 3 aromatic rings. The molecule has 134 valence electrons. The van der Waals surface area contributed by atoms with E-state index in [1.54, 1.807) is 49.6 Å². The fourth-order valence-corrected chi connectivity index (χ4v) is 3.50. The van der Waals surface area contributed by atoms with Crippen LogP contribution in [0.4, 0.5) is 0 Å². The van der Waals surface area contributed by atoms with Gasteiger partial charge in [0.2, 0.25) is 5.78 Å². The van der Waals surface area contributed by atoms with Crippen LogP contribution in [0.5, 0.6) is 5.75 Å². The van der Waals surface area contributed by atoms with Gasteiger partial charge in [-0.1, -0.05) is 12.1 Å². The van der Waals surface area contributed by atoms with Crippen molar-refractivity contribution in [2.24, 2.45) is 0 Å². The Bertz CT molecular complexity index is 884. The summed E-state index contributed by atoms with van der Waals surface area (Å²) in [6.07, 6.45) is -0.131. The molecule has 1 heterocycles. The Labute approximate surface area is 155 Å². The van der Waals surface area contributed by atoms with E-state index in [0.717, 1.165) is 15.2 Å². The van der Waals surface area contributed by atoms with Gasteiger partial charge < -0.3 is 9.47 Å². The molecule has 0 unspecified atom stereocenters. The summed E-state index contributed by atoms with van der Waals surface area (Å²) in [5.74, 6) is 0.0293. The van der Waals surface area contributed by atoms with Gasteiger partial charge in [0, 0.05) is 12.0 Å². The third kappa shape index (κ3) is 4.26. The molecule has 3 rings (SSSR count). The molecule has 0 N–H and O–H groups in total. The molecule has 0 aliphatic carbocycles. The van der Waals surface area contributed by atoms with E-state index in [1.165, 1.54) is 0 Å². The van der Waals surface area contributed by atoms with Crippen LogP contribution in [-0.2, 0) is 16.0 Å². The van der Waals surface area contributed by atoms with Crippen LogP contribution in [0.3, 0.4) is 0 Å². The molecule has 0 saturated carbocycles. The number of carbonyl (C=O) groups excluding carboxylic acids is 2. The van der Waals surface area contributed by atoms with Crippen molar-refractivity contribution in [2.75, 3.05) is 7.11 Å². The van der Waals surface area contributed by atoms with E-state index in [0.29, 0.717) is 17.7 Å². The van der Waals surface area contributed by atoms with E-state index in [4.69, 9.17) is 9.47 Å². The Morgan fingerprint density at radius 3 is 2.54 bits per heavy atom. The monoisotopic (exact) mass is 369 g/mol. The van der Waals surface area contributed by atoms with Gasteiger partial charge in [0.05, 0.1) is 28.8 Å². The zero-order valence-corrected chi connectivity index (χ0v) is 15.4. The molecule has 1 atom stereocenters. The summed E-state index contributed by atoms with van der Waals surface area (Å²) in [7, 11) is 1.56. The third-order valence-electron chi connectivity index (χ3n) is 3.93. The predicted octanol–water partition coefficient (Wildman–Crippen LogP) is 4.05. The number of hydrogen-bond donors (Lipinski definition) is 0. The van der Waals surface area contributed by atoms with Gasteiger partial charge in [-0.2, -0.15) is 0 Å². The molecule has 0 radical (unpaired) electrons. The number of thiazole rings is 1. The summed E-state index contributed by atoms with van der Waals surface area (Å²) in [5.41, 5.74) is 1.42. The molecule has 1 aromatic heterocycles. The minimum atomic E-state index is -0.828. The van der Waals surface area contributed by atoms with Gasteiger partial charge in [-0.3, -0.25) is 9.59 Å². The predicted molar refractivity (Wildman–Crippen MR) is 101 cm³/mol. The van der Waals surface area contributed by atoms with Gasteiger partial charge in [-0.25, -0.2) is 4.98 Å². The molecular weight excluding hydrogens is 350 g/mol. The quantitative estimate of drug-likeness (QED) is 0.464. The average molecular weight is 369 g/mol. The highest BCUT2D eigenvalue weighted by atomic mass is 32.1. The molecule has 0 aliphatic rings. The highest BCUT2D eigenvalue weighted by Gasteiger charge is 2.19. The zero-order chi connectivity index (χ0) is 18.5. The number of methoxy groups -OCH3 is 1. The first-order chi connectivity index (χ1) is 12.6. The van der Waals surface area contributed by atoms with Crippen LogP contribution in [-0.4, -0.2) is 30.0 Å². The van der Waals surface area contributed by atoms with Crippen LogP contribution in [0.1, 0.15) is 28.7 Å². The summed E-state index contributed by atoms with van der Waals surface area (Å²) < 4.78 is 11.4. The highest BCUT2D eigenvalue weighted by Crippen LogP contribution is 2.22. The van der Waals surface area contributed by atoms with Crippen molar-refractivity contribution >= 4 is 33.3 Å². The van der Waals surface area contributed by atoms with Crippen molar-refractivity contribution in [1.29, 1.82) is 0 Å². The lowest BCUT2D eigenvalue weighted by Crippen LogP contribution is -2.24. The second-order valence-electron chi connectivity index (χ2n) is 5.80. The first-order valence-corrected chi connectivity index (χ1v) is 9.10. The number of aryl methyl sites for hydroxylation is 1. The lowest BCUT2D eigenvalue weighted by Gasteiger charge is -2.12. The number of hydrogen-bond acceptors (Lipinski definition) is 6. The Hall–Kier alpha value is -2.73. The first kappa shape index (κ1) is 18.1. The van der Waals surface area contributed by atoms with Gasteiger partial charge in [0.1, 0.15) is 5.75 Å². The highest BCUT2D eigenvalue weighted by molar-refractivity contribution is 7.18. The molecule has 2 aromatic carbocycles. The fourth-order valence-electron chi connectivity index (χ4n) is 2.54. The van der Waals surface area contributed by atoms with Crippen LogP contribution >= 0.6 is 11.3 Å². The van der Waals surface area contributed by atoms with Gasteiger partial charge >= 0.3 is 5.97 Å². The van der Waals surface area contributed by atoms with E-state index in [2.05, 4.69) is 4.98 Å². The Balaban J connectivity index is 1.53. The van der Waals surface area contributed by atoms with Gasteiger partial charge in [0.25, 0.3) is 0 Å². The SMILES string of the molecule is COc1ccc(C(=O)[C@@H](C)OC(=O)CCc2nc3ccccc3s2)cc1. The van der Waals surface area contributed by atoms with Gasteiger partial charge in [0.15, 0.2) is 6.10 Å². The molecule has 26 heavy (non-hydrogen) atoms. The Kier molecular flexibility index (Phi) is 5.63. The van der Waals surface area contributed by atoms with Crippen LogP contribution in [0.15, 0.2) is 48.5 Å². The van der Waals surface area contributed by atoms with Crippen molar-refractivity contribution in [2.45, 2.75) is 25.9 Å².